The van der Waals surface area contributed by atoms with Gasteiger partial charge in [-0.1, -0.05) is 159 Å². The fourth-order valence-corrected chi connectivity index (χ4v) is 5.70. The first-order valence-electron chi connectivity index (χ1n) is 19.6. The smallest absolute Gasteiger partial charge is 0.306 e. The lowest BCUT2D eigenvalue weighted by Gasteiger charge is -2.18. The van der Waals surface area contributed by atoms with Gasteiger partial charge < -0.3 is 9.84 Å². The van der Waals surface area contributed by atoms with Crippen molar-refractivity contribution >= 4 is 11.9 Å². The summed E-state index contributed by atoms with van der Waals surface area (Å²) in [6.07, 6.45) is 49.8. The Morgan fingerprint density at radius 1 is 0.500 bits per heavy atom. The lowest BCUT2D eigenvalue weighted by Crippen LogP contribution is -2.18. The maximum absolute atomic E-state index is 12.5. The summed E-state index contributed by atoms with van der Waals surface area (Å²) in [6, 6.07) is 0. The van der Waals surface area contributed by atoms with E-state index in [1.54, 1.807) is 0 Å². The van der Waals surface area contributed by atoms with Gasteiger partial charge in [0.25, 0.3) is 0 Å². The van der Waals surface area contributed by atoms with Gasteiger partial charge in [0.05, 0.1) is 0 Å². The van der Waals surface area contributed by atoms with E-state index in [0.717, 1.165) is 70.6 Å². The zero-order chi connectivity index (χ0) is 33.6. The molecule has 0 aromatic heterocycles. The summed E-state index contributed by atoms with van der Waals surface area (Å²) in [4.78, 5) is 23.4. The van der Waals surface area contributed by atoms with Crippen LogP contribution in [0, 0.1) is 0 Å². The maximum Gasteiger partial charge on any atom is 0.306 e. The van der Waals surface area contributed by atoms with E-state index in [1.807, 2.05) is 0 Å². The molecular weight excluding hydrogens is 568 g/mol. The largest absolute Gasteiger partial charge is 0.481 e. The van der Waals surface area contributed by atoms with Crippen LogP contribution >= 0.6 is 0 Å². The van der Waals surface area contributed by atoms with Crippen LogP contribution in [-0.4, -0.2) is 23.1 Å². The normalized spacial score (nSPS) is 12.7. The summed E-state index contributed by atoms with van der Waals surface area (Å²) < 4.78 is 5.88. The highest BCUT2D eigenvalue weighted by Gasteiger charge is 2.14. The summed E-state index contributed by atoms with van der Waals surface area (Å²) >= 11 is 0. The van der Waals surface area contributed by atoms with Crippen molar-refractivity contribution in [2.75, 3.05) is 0 Å². The van der Waals surface area contributed by atoms with Crippen LogP contribution in [0.4, 0.5) is 0 Å². The molecule has 0 saturated heterocycles. The molecule has 0 aromatic rings. The van der Waals surface area contributed by atoms with Gasteiger partial charge in [-0.05, 0) is 77.0 Å². The molecule has 1 unspecified atom stereocenters. The van der Waals surface area contributed by atoms with Crippen molar-refractivity contribution in [3.05, 3.63) is 48.6 Å². The van der Waals surface area contributed by atoms with Crippen LogP contribution in [0.15, 0.2) is 48.6 Å². The molecule has 0 bridgehead atoms. The minimum absolute atomic E-state index is 0.0673. The van der Waals surface area contributed by atoms with Gasteiger partial charge in [0, 0.05) is 12.8 Å². The standard InChI is InChI=1S/C42H74O4/c1-3-5-7-9-11-13-15-17-19-21-22-24-26-28-30-32-36-40(37-34-35-38-41(43)44)46-42(45)39-33-31-29-27-25-23-20-18-16-14-12-10-8-6-4-2/h6,8,12,14,18,20,25,27,40H,3-5,7,9-11,13,15-17,19,21-24,26,28-39H2,1-2H3,(H,43,44)/b8-6-,14-12-,20-18-,27-25-. The fourth-order valence-electron chi connectivity index (χ4n) is 5.70. The van der Waals surface area contributed by atoms with E-state index < -0.39 is 5.97 Å². The number of hydrogen-bond acceptors (Lipinski definition) is 3. The second-order valence-electron chi connectivity index (χ2n) is 13.1. The number of ether oxygens (including phenoxy) is 1. The minimum Gasteiger partial charge on any atom is -0.481 e. The number of carbonyl (C=O) groups is 2. The third-order valence-corrected chi connectivity index (χ3v) is 8.57. The van der Waals surface area contributed by atoms with Crippen LogP contribution in [0.2, 0.25) is 0 Å². The molecule has 1 atom stereocenters. The Labute approximate surface area is 285 Å². The monoisotopic (exact) mass is 643 g/mol. The Morgan fingerprint density at radius 2 is 0.913 bits per heavy atom. The number of allylic oxidation sites excluding steroid dienone is 8. The summed E-state index contributed by atoms with van der Waals surface area (Å²) in [5.41, 5.74) is 0. The summed E-state index contributed by atoms with van der Waals surface area (Å²) in [7, 11) is 0. The number of rotatable bonds is 35. The van der Waals surface area contributed by atoms with Crippen molar-refractivity contribution in [3.8, 4) is 0 Å². The minimum atomic E-state index is -0.750. The van der Waals surface area contributed by atoms with Crippen molar-refractivity contribution in [1.82, 2.24) is 0 Å². The Balaban J connectivity index is 3.96. The van der Waals surface area contributed by atoms with Gasteiger partial charge in [0.15, 0.2) is 0 Å². The average Bonchev–Trinajstić information content (AvgIpc) is 3.04. The number of hydrogen-bond donors (Lipinski definition) is 1. The van der Waals surface area contributed by atoms with Gasteiger partial charge >= 0.3 is 11.9 Å². The van der Waals surface area contributed by atoms with E-state index >= 15 is 0 Å². The molecule has 46 heavy (non-hydrogen) atoms. The number of carboxylic acids is 1. The number of aliphatic carboxylic acids is 1. The zero-order valence-corrected chi connectivity index (χ0v) is 30.4. The number of unbranched alkanes of at least 4 members (excludes halogenated alkanes) is 18. The molecule has 1 N–H and O–H groups in total. The van der Waals surface area contributed by atoms with Crippen molar-refractivity contribution in [3.63, 3.8) is 0 Å². The van der Waals surface area contributed by atoms with E-state index in [0.29, 0.717) is 12.8 Å². The van der Waals surface area contributed by atoms with E-state index in [4.69, 9.17) is 9.84 Å². The second kappa shape index (κ2) is 37.4. The molecule has 0 heterocycles. The predicted octanol–water partition coefficient (Wildman–Crippen LogP) is 13.6. The predicted molar refractivity (Wildman–Crippen MR) is 199 cm³/mol. The Bertz CT molecular complexity index is 779. The third-order valence-electron chi connectivity index (χ3n) is 8.57. The lowest BCUT2D eigenvalue weighted by molar-refractivity contribution is -0.150. The van der Waals surface area contributed by atoms with Gasteiger partial charge in [0.2, 0.25) is 0 Å². The van der Waals surface area contributed by atoms with Crippen molar-refractivity contribution in [2.45, 2.75) is 206 Å². The number of carboxylic acid groups (broad SMARTS) is 1. The molecule has 0 aliphatic heterocycles. The molecule has 0 rings (SSSR count). The van der Waals surface area contributed by atoms with Crippen LogP contribution in [-0.2, 0) is 14.3 Å². The van der Waals surface area contributed by atoms with Crippen molar-refractivity contribution in [1.29, 1.82) is 0 Å². The molecule has 0 aliphatic rings. The number of carbonyl (C=O) groups excluding carboxylic acids is 1. The molecular formula is C42H74O4. The third kappa shape index (κ3) is 36.4. The Hall–Kier alpha value is -2.10. The first-order valence-corrected chi connectivity index (χ1v) is 19.6. The van der Waals surface area contributed by atoms with Crippen LogP contribution in [0.5, 0.6) is 0 Å². The average molecular weight is 643 g/mol. The highest BCUT2D eigenvalue weighted by molar-refractivity contribution is 5.69. The molecule has 4 nitrogen and oxygen atoms in total. The molecule has 0 saturated carbocycles. The van der Waals surface area contributed by atoms with Gasteiger partial charge in [-0.15, -0.1) is 0 Å². The molecule has 0 aliphatic carbocycles. The molecule has 0 aromatic carbocycles. The molecule has 0 fully saturated rings. The van der Waals surface area contributed by atoms with Gasteiger partial charge in [-0.3, -0.25) is 9.59 Å². The molecule has 266 valence electrons. The quantitative estimate of drug-likeness (QED) is 0.0424. The van der Waals surface area contributed by atoms with Gasteiger partial charge in [0.1, 0.15) is 6.10 Å². The molecule has 0 amide bonds. The van der Waals surface area contributed by atoms with E-state index in [-0.39, 0.29) is 18.5 Å². The second-order valence-corrected chi connectivity index (χ2v) is 13.1. The fraction of sp³-hybridized carbons (Fsp3) is 0.762. The topological polar surface area (TPSA) is 63.6 Å². The summed E-state index contributed by atoms with van der Waals surface area (Å²) in [5.74, 6) is -0.843. The first kappa shape index (κ1) is 43.9. The SMILES string of the molecule is CC/C=C\C/C=C\C/C=C\C/C=C\CCCCC(=O)OC(CCCCCCCCCCCCCCCCCC)CCCCC(=O)O. The molecule has 0 spiro atoms. The van der Waals surface area contributed by atoms with Crippen LogP contribution in [0.25, 0.3) is 0 Å². The van der Waals surface area contributed by atoms with Crippen LogP contribution < -0.4 is 0 Å². The summed E-state index contributed by atoms with van der Waals surface area (Å²) in [5, 5.41) is 8.95. The molecule has 4 heteroatoms. The van der Waals surface area contributed by atoms with E-state index in [2.05, 4.69) is 62.5 Å². The van der Waals surface area contributed by atoms with Crippen LogP contribution in [0.3, 0.4) is 0 Å². The Kier molecular flexibility index (Phi) is 35.7. The highest BCUT2D eigenvalue weighted by Crippen LogP contribution is 2.18. The van der Waals surface area contributed by atoms with Crippen molar-refractivity contribution < 1.29 is 19.4 Å². The zero-order valence-electron chi connectivity index (χ0n) is 30.4. The maximum atomic E-state index is 12.5. The Morgan fingerprint density at radius 3 is 1.39 bits per heavy atom. The lowest BCUT2D eigenvalue weighted by atomic mass is 10.0. The summed E-state index contributed by atoms with van der Waals surface area (Å²) in [6.45, 7) is 4.43. The van der Waals surface area contributed by atoms with E-state index in [1.165, 1.54) is 96.3 Å². The number of esters is 1. The molecule has 0 radical (unpaired) electrons. The van der Waals surface area contributed by atoms with Crippen molar-refractivity contribution in [2.24, 2.45) is 0 Å². The van der Waals surface area contributed by atoms with Crippen LogP contribution in [0.1, 0.15) is 200 Å². The van der Waals surface area contributed by atoms with E-state index in [9.17, 15) is 9.59 Å². The van der Waals surface area contributed by atoms with Gasteiger partial charge in [-0.25, -0.2) is 0 Å². The highest BCUT2D eigenvalue weighted by atomic mass is 16.5. The van der Waals surface area contributed by atoms with Gasteiger partial charge in [-0.2, -0.15) is 0 Å². The first-order chi connectivity index (χ1) is 22.6.